The Bertz CT molecular complexity index is 733. The highest BCUT2D eigenvalue weighted by atomic mass is 32.2. The zero-order chi connectivity index (χ0) is 15.5. The number of rotatable bonds is 4. The van der Waals surface area contributed by atoms with Gasteiger partial charge in [-0.1, -0.05) is 30.3 Å². The van der Waals surface area contributed by atoms with Gasteiger partial charge in [-0.05, 0) is 42.8 Å². The van der Waals surface area contributed by atoms with Gasteiger partial charge in [0, 0.05) is 12.6 Å². The number of carbonyl (C=O) groups is 2. The maximum absolute atomic E-state index is 12.3. The molecular formula is C17H15NO3S. The molecule has 112 valence electrons. The number of carbonyl (C=O) groups excluding carboxylic acids is 2. The fraction of sp³-hybridized carbons (Fsp3) is 0.176. The van der Waals surface area contributed by atoms with Crippen LogP contribution in [0, 0.1) is 6.92 Å². The predicted octanol–water partition coefficient (Wildman–Crippen LogP) is 3.87. The molecule has 1 aliphatic rings. The highest BCUT2D eigenvalue weighted by Crippen LogP contribution is 2.32. The zero-order valence-corrected chi connectivity index (χ0v) is 12.9. The molecule has 1 saturated heterocycles. The largest absolute Gasteiger partial charge is 0.462 e. The fourth-order valence-corrected chi connectivity index (χ4v) is 3.08. The second-order valence-corrected chi connectivity index (χ2v) is 6.01. The van der Waals surface area contributed by atoms with E-state index in [2.05, 4.69) is 0 Å². The first-order chi connectivity index (χ1) is 10.6. The molecule has 0 radical (unpaired) electrons. The Morgan fingerprint density at radius 3 is 2.59 bits per heavy atom. The molecule has 1 aromatic carbocycles. The van der Waals surface area contributed by atoms with Crippen LogP contribution in [0.15, 0.2) is 51.8 Å². The molecule has 5 heteroatoms. The molecule has 2 aromatic rings. The molecule has 0 saturated carbocycles. The van der Waals surface area contributed by atoms with Crippen LogP contribution in [0.5, 0.6) is 0 Å². The maximum Gasteiger partial charge on any atom is 0.293 e. The monoisotopic (exact) mass is 313 g/mol. The second-order valence-electron chi connectivity index (χ2n) is 5.02. The minimum atomic E-state index is -0.250. The van der Waals surface area contributed by atoms with Crippen molar-refractivity contribution >= 4 is 29.0 Å². The van der Waals surface area contributed by atoms with Crippen molar-refractivity contribution in [2.75, 3.05) is 6.54 Å². The Morgan fingerprint density at radius 2 is 1.91 bits per heavy atom. The average molecular weight is 313 g/mol. The van der Waals surface area contributed by atoms with Crippen LogP contribution in [-0.4, -0.2) is 22.6 Å². The van der Waals surface area contributed by atoms with Crippen LogP contribution in [0.4, 0.5) is 4.79 Å². The normalized spacial score (nSPS) is 16.8. The SMILES string of the molecule is Cc1ccc(/C=C2\SC(=O)N(CCc3ccccc3)C2=O)o1. The summed E-state index contributed by atoms with van der Waals surface area (Å²) < 4.78 is 5.42. The first-order valence-corrected chi connectivity index (χ1v) is 7.81. The Balaban J connectivity index is 1.70. The summed E-state index contributed by atoms with van der Waals surface area (Å²) in [5.74, 6) is 1.11. The minimum absolute atomic E-state index is 0.226. The number of imide groups is 1. The van der Waals surface area contributed by atoms with Crippen LogP contribution in [0.25, 0.3) is 6.08 Å². The van der Waals surface area contributed by atoms with Crippen LogP contribution < -0.4 is 0 Å². The van der Waals surface area contributed by atoms with Gasteiger partial charge in [0.2, 0.25) is 0 Å². The van der Waals surface area contributed by atoms with Gasteiger partial charge in [0.1, 0.15) is 11.5 Å². The molecular weight excluding hydrogens is 298 g/mol. The van der Waals surface area contributed by atoms with Crippen molar-refractivity contribution in [1.29, 1.82) is 0 Å². The Hall–Kier alpha value is -2.27. The van der Waals surface area contributed by atoms with Crippen LogP contribution in [-0.2, 0) is 11.2 Å². The Labute approximate surface area is 132 Å². The highest BCUT2D eigenvalue weighted by Gasteiger charge is 2.34. The number of nitrogens with zero attached hydrogens (tertiary/aromatic N) is 1. The van der Waals surface area contributed by atoms with Crippen LogP contribution >= 0.6 is 11.8 Å². The van der Waals surface area contributed by atoms with E-state index in [1.165, 1.54) is 4.90 Å². The van der Waals surface area contributed by atoms with E-state index in [1.54, 1.807) is 12.1 Å². The third-order valence-electron chi connectivity index (χ3n) is 3.38. The third kappa shape index (κ3) is 3.14. The number of amides is 2. The summed E-state index contributed by atoms with van der Waals surface area (Å²) in [4.78, 5) is 26.0. The number of thioether (sulfide) groups is 1. The van der Waals surface area contributed by atoms with Gasteiger partial charge in [0.25, 0.3) is 11.1 Å². The van der Waals surface area contributed by atoms with Crippen molar-refractivity contribution in [2.24, 2.45) is 0 Å². The number of hydrogen-bond acceptors (Lipinski definition) is 4. The molecule has 3 rings (SSSR count). The Kier molecular flexibility index (Phi) is 4.15. The standard InChI is InChI=1S/C17H15NO3S/c1-12-7-8-14(21-12)11-15-16(19)18(17(20)22-15)10-9-13-5-3-2-4-6-13/h2-8,11H,9-10H2,1H3/b15-11-. The van der Waals surface area contributed by atoms with E-state index in [4.69, 9.17) is 4.42 Å². The maximum atomic E-state index is 12.3. The van der Waals surface area contributed by atoms with Gasteiger partial charge in [-0.2, -0.15) is 0 Å². The summed E-state index contributed by atoms with van der Waals surface area (Å²) in [6.07, 6.45) is 2.28. The Morgan fingerprint density at radius 1 is 1.14 bits per heavy atom. The third-order valence-corrected chi connectivity index (χ3v) is 4.28. The minimum Gasteiger partial charge on any atom is -0.462 e. The predicted molar refractivity (Wildman–Crippen MR) is 86.3 cm³/mol. The average Bonchev–Trinajstić information content (AvgIpc) is 3.03. The second kappa shape index (κ2) is 6.23. The quantitative estimate of drug-likeness (QED) is 0.804. The van der Waals surface area contributed by atoms with E-state index in [9.17, 15) is 9.59 Å². The molecule has 1 fully saturated rings. The smallest absolute Gasteiger partial charge is 0.293 e. The molecule has 0 spiro atoms. The topological polar surface area (TPSA) is 50.5 Å². The first kappa shape index (κ1) is 14.7. The number of furan rings is 1. The van der Waals surface area contributed by atoms with Crippen molar-refractivity contribution in [3.63, 3.8) is 0 Å². The summed E-state index contributed by atoms with van der Waals surface area (Å²) in [5, 5.41) is -0.226. The van der Waals surface area contributed by atoms with Crippen LogP contribution in [0.3, 0.4) is 0 Å². The molecule has 2 amide bonds. The number of aryl methyl sites for hydroxylation is 1. The molecule has 0 unspecified atom stereocenters. The summed E-state index contributed by atoms with van der Waals surface area (Å²) in [7, 11) is 0. The van der Waals surface area contributed by atoms with Gasteiger partial charge in [-0.25, -0.2) is 0 Å². The van der Waals surface area contributed by atoms with E-state index in [0.717, 1.165) is 23.1 Å². The fourth-order valence-electron chi connectivity index (χ4n) is 2.24. The zero-order valence-electron chi connectivity index (χ0n) is 12.1. The molecule has 0 aliphatic carbocycles. The summed E-state index contributed by atoms with van der Waals surface area (Å²) in [5.41, 5.74) is 1.10. The molecule has 0 N–H and O–H groups in total. The summed E-state index contributed by atoms with van der Waals surface area (Å²) >= 11 is 0.960. The van der Waals surface area contributed by atoms with Crippen molar-refractivity contribution in [2.45, 2.75) is 13.3 Å². The van der Waals surface area contributed by atoms with Crippen molar-refractivity contribution in [3.05, 3.63) is 64.5 Å². The lowest BCUT2D eigenvalue weighted by molar-refractivity contribution is -0.122. The molecule has 1 aliphatic heterocycles. The number of hydrogen-bond donors (Lipinski definition) is 0. The van der Waals surface area contributed by atoms with Gasteiger partial charge in [0.05, 0.1) is 4.91 Å². The van der Waals surface area contributed by atoms with Crippen molar-refractivity contribution in [1.82, 2.24) is 4.90 Å². The first-order valence-electron chi connectivity index (χ1n) is 6.99. The van der Waals surface area contributed by atoms with Crippen molar-refractivity contribution in [3.8, 4) is 0 Å². The molecule has 22 heavy (non-hydrogen) atoms. The molecule has 1 aromatic heterocycles. The molecule has 0 bridgehead atoms. The highest BCUT2D eigenvalue weighted by molar-refractivity contribution is 8.18. The van der Waals surface area contributed by atoms with E-state index < -0.39 is 0 Å². The lowest BCUT2D eigenvalue weighted by Crippen LogP contribution is -2.30. The number of benzene rings is 1. The molecule has 0 atom stereocenters. The van der Waals surface area contributed by atoms with Gasteiger partial charge < -0.3 is 4.42 Å². The van der Waals surface area contributed by atoms with Gasteiger partial charge in [-0.15, -0.1) is 0 Å². The molecule has 2 heterocycles. The van der Waals surface area contributed by atoms with Crippen molar-refractivity contribution < 1.29 is 14.0 Å². The van der Waals surface area contributed by atoms with E-state index in [0.29, 0.717) is 23.6 Å². The van der Waals surface area contributed by atoms with Gasteiger partial charge >= 0.3 is 0 Å². The van der Waals surface area contributed by atoms with E-state index in [-0.39, 0.29) is 11.1 Å². The van der Waals surface area contributed by atoms with Gasteiger partial charge in [0.15, 0.2) is 0 Å². The lowest BCUT2D eigenvalue weighted by atomic mass is 10.1. The summed E-state index contributed by atoms with van der Waals surface area (Å²) in [6, 6.07) is 13.4. The molecule has 4 nitrogen and oxygen atoms in total. The van der Waals surface area contributed by atoms with E-state index >= 15 is 0 Å². The van der Waals surface area contributed by atoms with E-state index in [1.807, 2.05) is 43.3 Å². The summed E-state index contributed by atoms with van der Waals surface area (Å²) in [6.45, 7) is 2.23. The van der Waals surface area contributed by atoms with Gasteiger partial charge in [-0.3, -0.25) is 14.5 Å². The van der Waals surface area contributed by atoms with Crippen LogP contribution in [0.2, 0.25) is 0 Å². The van der Waals surface area contributed by atoms with Crippen LogP contribution in [0.1, 0.15) is 17.1 Å². The lowest BCUT2D eigenvalue weighted by Gasteiger charge is -2.11.